The largest absolute Gasteiger partial charge is 0.266 e. The first-order chi connectivity index (χ1) is 12.2. The van der Waals surface area contributed by atoms with E-state index in [1.807, 2.05) is 0 Å². The van der Waals surface area contributed by atoms with Crippen LogP contribution in [0.3, 0.4) is 0 Å². The second-order valence-corrected chi connectivity index (χ2v) is 8.23. The van der Waals surface area contributed by atoms with Crippen LogP contribution in [-0.4, -0.2) is 0 Å². The Hall–Kier alpha value is -1.18. The third-order valence-electron chi connectivity index (χ3n) is 6.61. The van der Waals surface area contributed by atoms with Crippen LogP contribution >= 0.6 is 0 Å². The molecule has 138 valence electrons. The van der Waals surface area contributed by atoms with Gasteiger partial charge in [-0.1, -0.05) is 37.6 Å². The summed E-state index contributed by atoms with van der Waals surface area (Å²) in [5.41, 5.74) is 2.97. The third kappa shape index (κ3) is 5.15. The maximum atomic E-state index is 12.4. The Morgan fingerprint density at radius 3 is 1.96 bits per heavy atom. The highest BCUT2D eigenvalue weighted by atomic mass is 19.3. The van der Waals surface area contributed by atoms with Crippen LogP contribution in [0.5, 0.6) is 0 Å². The molecule has 0 aliphatic heterocycles. The number of hydrogen-bond acceptors (Lipinski definition) is 0. The van der Waals surface area contributed by atoms with Crippen molar-refractivity contribution in [2.24, 2.45) is 17.8 Å². The van der Waals surface area contributed by atoms with Crippen molar-refractivity contribution in [2.75, 3.05) is 0 Å². The Labute approximate surface area is 151 Å². The fourth-order valence-electron chi connectivity index (χ4n) is 5.13. The molecule has 0 radical (unpaired) electrons. The molecule has 0 spiro atoms. The number of halogens is 2. The monoisotopic (exact) mass is 346 g/mol. The van der Waals surface area contributed by atoms with Gasteiger partial charge in [0.25, 0.3) is 6.08 Å². The molecule has 0 unspecified atom stereocenters. The van der Waals surface area contributed by atoms with Gasteiger partial charge in [0.1, 0.15) is 0 Å². The molecule has 0 bridgehead atoms. The Morgan fingerprint density at radius 2 is 1.44 bits per heavy atom. The van der Waals surface area contributed by atoms with Crippen molar-refractivity contribution >= 4 is 0 Å². The highest BCUT2D eigenvalue weighted by molar-refractivity contribution is 5.26. The van der Waals surface area contributed by atoms with Crippen LogP contribution in [0.2, 0.25) is 0 Å². The number of hydrogen-bond donors (Lipinski definition) is 0. The Bertz CT molecular complexity index is 540. The predicted octanol–water partition coefficient (Wildman–Crippen LogP) is 7.50. The summed E-state index contributed by atoms with van der Waals surface area (Å²) in [6, 6.07) is 9.31. The summed E-state index contributed by atoms with van der Waals surface area (Å²) >= 11 is 0. The van der Waals surface area contributed by atoms with E-state index in [9.17, 15) is 8.78 Å². The lowest BCUT2D eigenvalue weighted by molar-refractivity contribution is 0.170. The van der Waals surface area contributed by atoms with E-state index in [0.717, 1.165) is 43.4 Å². The van der Waals surface area contributed by atoms with Gasteiger partial charge in [0.15, 0.2) is 0 Å². The van der Waals surface area contributed by atoms with Crippen LogP contribution < -0.4 is 0 Å². The third-order valence-corrected chi connectivity index (χ3v) is 6.61. The van der Waals surface area contributed by atoms with Gasteiger partial charge in [-0.15, -0.1) is 0 Å². The van der Waals surface area contributed by atoms with Gasteiger partial charge in [0.2, 0.25) is 0 Å². The van der Waals surface area contributed by atoms with E-state index < -0.39 is 6.08 Å². The zero-order valence-corrected chi connectivity index (χ0v) is 15.5. The smallest absolute Gasteiger partial charge is 0.174 e. The molecule has 25 heavy (non-hydrogen) atoms. The molecule has 0 aromatic heterocycles. The molecule has 2 aliphatic carbocycles. The van der Waals surface area contributed by atoms with Crippen molar-refractivity contribution in [3.05, 3.63) is 47.5 Å². The molecule has 0 amide bonds. The van der Waals surface area contributed by atoms with Crippen LogP contribution in [0.15, 0.2) is 36.4 Å². The van der Waals surface area contributed by atoms with Gasteiger partial charge < -0.3 is 0 Å². The summed E-state index contributed by atoms with van der Waals surface area (Å²) in [5, 5.41) is 0. The lowest BCUT2D eigenvalue weighted by atomic mass is 9.68. The molecule has 0 heterocycles. The van der Waals surface area contributed by atoms with Crippen LogP contribution in [0.4, 0.5) is 8.78 Å². The number of aryl methyl sites for hydroxylation is 1. The van der Waals surface area contributed by atoms with Crippen molar-refractivity contribution < 1.29 is 8.78 Å². The van der Waals surface area contributed by atoms with Gasteiger partial charge in [-0.3, -0.25) is 0 Å². The number of benzene rings is 1. The van der Waals surface area contributed by atoms with Gasteiger partial charge in [0.05, 0.1) is 0 Å². The first kappa shape index (κ1) is 18.6. The van der Waals surface area contributed by atoms with E-state index in [2.05, 4.69) is 31.2 Å². The molecule has 3 rings (SSSR count). The summed E-state index contributed by atoms with van der Waals surface area (Å²) in [6.07, 6.45) is 11.6. The first-order valence-corrected chi connectivity index (χ1v) is 10.3. The molecule has 1 aromatic rings. The average molecular weight is 347 g/mol. The molecule has 1 aromatic carbocycles. The van der Waals surface area contributed by atoms with Gasteiger partial charge >= 0.3 is 0 Å². The highest BCUT2D eigenvalue weighted by Crippen LogP contribution is 2.44. The van der Waals surface area contributed by atoms with E-state index >= 15 is 0 Å². The topological polar surface area (TPSA) is 0 Å². The summed E-state index contributed by atoms with van der Waals surface area (Å²) in [7, 11) is 0. The second kappa shape index (κ2) is 8.96. The molecule has 2 heteroatoms. The summed E-state index contributed by atoms with van der Waals surface area (Å²) < 4.78 is 24.8. The van der Waals surface area contributed by atoms with E-state index in [1.54, 1.807) is 0 Å². The minimum atomic E-state index is -1.49. The van der Waals surface area contributed by atoms with E-state index in [0.29, 0.717) is 0 Å². The standard InChI is InChI=1S/C23H32F2/c1-2-3-17-4-8-19(9-5-17)21-12-14-22(15-13-21)20-10-6-18(7-11-20)16-23(24)25/h4-5,8-9,16,18,20-22H,2-3,6-7,10-15H2,1H3. The van der Waals surface area contributed by atoms with E-state index in [-0.39, 0.29) is 5.92 Å². The fraction of sp³-hybridized carbons (Fsp3) is 0.652. The quantitative estimate of drug-likeness (QED) is 0.518. The maximum absolute atomic E-state index is 12.4. The molecular weight excluding hydrogens is 314 g/mol. The molecular formula is C23H32F2. The van der Waals surface area contributed by atoms with Crippen molar-refractivity contribution in [3.8, 4) is 0 Å². The van der Waals surface area contributed by atoms with Crippen molar-refractivity contribution in [1.29, 1.82) is 0 Å². The Morgan fingerprint density at radius 1 is 0.880 bits per heavy atom. The van der Waals surface area contributed by atoms with Crippen LogP contribution in [0.1, 0.15) is 81.8 Å². The number of allylic oxidation sites excluding steroid dienone is 1. The maximum Gasteiger partial charge on any atom is 0.266 e. The van der Waals surface area contributed by atoms with Gasteiger partial charge in [-0.05, 0) is 98.7 Å². The SMILES string of the molecule is CCCc1ccc(C2CCC(C3CCC(C=C(F)F)CC3)CC2)cc1. The molecule has 0 nitrogen and oxygen atoms in total. The van der Waals surface area contributed by atoms with Gasteiger partial charge in [-0.2, -0.15) is 8.78 Å². The molecule has 0 N–H and O–H groups in total. The highest BCUT2D eigenvalue weighted by Gasteiger charge is 2.31. The lowest BCUT2D eigenvalue weighted by Gasteiger charge is -2.37. The average Bonchev–Trinajstić information content (AvgIpc) is 2.63. The summed E-state index contributed by atoms with van der Waals surface area (Å²) in [5.74, 6) is 2.46. The summed E-state index contributed by atoms with van der Waals surface area (Å²) in [6.45, 7) is 2.23. The fourth-order valence-corrected chi connectivity index (χ4v) is 5.13. The molecule has 2 saturated carbocycles. The second-order valence-electron chi connectivity index (χ2n) is 8.23. The van der Waals surface area contributed by atoms with E-state index in [1.165, 1.54) is 55.7 Å². The normalized spacial score (nSPS) is 30.0. The van der Waals surface area contributed by atoms with Gasteiger partial charge in [0, 0.05) is 0 Å². The van der Waals surface area contributed by atoms with E-state index in [4.69, 9.17) is 0 Å². The Kier molecular flexibility index (Phi) is 6.67. The minimum Gasteiger partial charge on any atom is -0.174 e. The summed E-state index contributed by atoms with van der Waals surface area (Å²) in [4.78, 5) is 0. The van der Waals surface area contributed by atoms with Crippen molar-refractivity contribution in [2.45, 2.75) is 77.0 Å². The minimum absolute atomic E-state index is 0.124. The number of rotatable bonds is 5. The van der Waals surface area contributed by atoms with Crippen LogP contribution in [0, 0.1) is 17.8 Å². The predicted molar refractivity (Wildman–Crippen MR) is 101 cm³/mol. The molecule has 0 saturated heterocycles. The van der Waals surface area contributed by atoms with Crippen LogP contribution in [-0.2, 0) is 6.42 Å². The molecule has 2 fully saturated rings. The van der Waals surface area contributed by atoms with Gasteiger partial charge in [-0.25, -0.2) is 0 Å². The Balaban J connectivity index is 1.46. The zero-order chi connectivity index (χ0) is 17.6. The van der Waals surface area contributed by atoms with Crippen molar-refractivity contribution in [3.63, 3.8) is 0 Å². The lowest BCUT2D eigenvalue weighted by Crippen LogP contribution is -2.25. The zero-order valence-electron chi connectivity index (χ0n) is 15.5. The van der Waals surface area contributed by atoms with Crippen molar-refractivity contribution in [1.82, 2.24) is 0 Å². The molecule has 2 aliphatic rings. The molecule has 0 atom stereocenters. The van der Waals surface area contributed by atoms with Crippen LogP contribution in [0.25, 0.3) is 0 Å². The first-order valence-electron chi connectivity index (χ1n) is 10.3.